The molecule has 4 aromatic rings. The van der Waals surface area contributed by atoms with Crippen LogP contribution in [0.1, 0.15) is 77.0 Å². The zero-order valence-electron chi connectivity index (χ0n) is 22.6. The lowest BCUT2D eigenvalue weighted by atomic mass is 10.0. The van der Waals surface area contributed by atoms with Crippen LogP contribution in [-0.2, 0) is 11.3 Å². The van der Waals surface area contributed by atoms with Gasteiger partial charge in [-0.05, 0) is 105 Å². The van der Waals surface area contributed by atoms with Gasteiger partial charge < -0.3 is 19.7 Å². The molecule has 202 valence electrons. The van der Waals surface area contributed by atoms with Gasteiger partial charge in [0.25, 0.3) is 5.91 Å². The highest BCUT2D eigenvalue weighted by atomic mass is 35.5. The van der Waals surface area contributed by atoms with Crippen LogP contribution in [0.2, 0.25) is 5.02 Å². The summed E-state index contributed by atoms with van der Waals surface area (Å²) >= 11 is 6.51. The van der Waals surface area contributed by atoms with Gasteiger partial charge in [-0.15, -0.1) is 0 Å². The number of aliphatic carboxylic acids is 1. The number of rotatable bonds is 9. The number of carbonyl (C=O) groups is 2. The molecule has 0 aliphatic heterocycles. The predicted molar refractivity (Wildman–Crippen MR) is 154 cm³/mol. The Bertz CT molecular complexity index is 1570. The van der Waals surface area contributed by atoms with E-state index in [2.05, 4.69) is 41.1 Å². The molecule has 0 bridgehead atoms. The Hall–Kier alpha value is -3.77. The highest BCUT2D eigenvalue weighted by Crippen LogP contribution is 2.40. The monoisotopic (exact) mass is 544 g/mol. The quantitative estimate of drug-likeness (QED) is 0.234. The molecule has 5 rings (SSSR count). The van der Waals surface area contributed by atoms with Crippen LogP contribution in [0.4, 0.5) is 0 Å². The van der Waals surface area contributed by atoms with Gasteiger partial charge in [0.1, 0.15) is 5.75 Å². The minimum atomic E-state index is -1.03. The van der Waals surface area contributed by atoms with Crippen LogP contribution in [0.25, 0.3) is 10.9 Å². The number of carbonyl (C=O) groups excluding carboxylic acids is 1. The molecule has 0 saturated heterocycles. The van der Waals surface area contributed by atoms with E-state index in [0.717, 1.165) is 33.3 Å². The molecule has 7 heteroatoms. The van der Waals surface area contributed by atoms with E-state index in [0.29, 0.717) is 28.8 Å². The molecule has 1 fully saturated rings. The van der Waals surface area contributed by atoms with Crippen LogP contribution in [-0.4, -0.2) is 27.7 Å². The van der Waals surface area contributed by atoms with Crippen LogP contribution < -0.4 is 10.1 Å². The van der Waals surface area contributed by atoms with Crippen molar-refractivity contribution in [2.75, 3.05) is 0 Å². The summed E-state index contributed by atoms with van der Waals surface area (Å²) in [6, 6.07) is 19.4. The first kappa shape index (κ1) is 26.8. The first-order chi connectivity index (χ1) is 18.6. The Kier molecular flexibility index (Phi) is 7.41. The summed E-state index contributed by atoms with van der Waals surface area (Å²) in [5.41, 5.74) is 7.05. The minimum Gasteiger partial charge on any atom is -0.479 e. The molecule has 2 atom stereocenters. The number of aryl methyl sites for hydroxylation is 1. The number of fused-ring (bicyclic) bond motifs is 1. The molecule has 0 unspecified atom stereocenters. The summed E-state index contributed by atoms with van der Waals surface area (Å²) in [6.07, 6.45) is 1.53. The largest absolute Gasteiger partial charge is 0.479 e. The number of nitrogens with zero attached hydrogens (tertiary/aromatic N) is 1. The molecule has 1 aromatic heterocycles. The van der Waals surface area contributed by atoms with Crippen LogP contribution in [0.5, 0.6) is 5.75 Å². The molecule has 6 nitrogen and oxygen atoms in total. The molecular weight excluding hydrogens is 512 g/mol. The topological polar surface area (TPSA) is 80.6 Å². The number of halogens is 1. The number of carboxylic acids is 1. The summed E-state index contributed by atoms with van der Waals surface area (Å²) in [5.74, 6) is -0.0172. The van der Waals surface area contributed by atoms with E-state index in [1.165, 1.54) is 25.3 Å². The second-order valence-electron chi connectivity index (χ2n) is 10.5. The fraction of sp³-hybridized carbons (Fsp3) is 0.312. The van der Waals surface area contributed by atoms with Crippen molar-refractivity contribution >= 4 is 34.4 Å². The molecule has 39 heavy (non-hydrogen) atoms. The number of aromatic nitrogens is 1. The van der Waals surface area contributed by atoms with Gasteiger partial charge in [-0.25, -0.2) is 4.79 Å². The molecule has 2 N–H and O–H groups in total. The molecule has 1 heterocycles. The third-order valence-electron chi connectivity index (χ3n) is 7.71. The van der Waals surface area contributed by atoms with Crippen molar-refractivity contribution in [1.29, 1.82) is 0 Å². The minimum absolute atomic E-state index is 0.0974. The molecule has 1 saturated carbocycles. The maximum absolute atomic E-state index is 13.2. The summed E-state index contributed by atoms with van der Waals surface area (Å²) in [7, 11) is 0. The lowest BCUT2D eigenvalue weighted by molar-refractivity contribution is -0.144. The van der Waals surface area contributed by atoms with Gasteiger partial charge in [-0.1, -0.05) is 35.9 Å². The number of hydrogen-bond donors (Lipinski definition) is 2. The van der Waals surface area contributed by atoms with Crippen LogP contribution in [0.15, 0.2) is 60.7 Å². The Morgan fingerprint density at radius 2 is 1.85 bits per heavy atom. The molecule has 1 aliphatic rings. The smallest absolute Gasteiger partial charge is 0.344 e. The number of amides is 1. The maximum atomic E-state index is 13.2. The van der Waals surface area contributed by atoms with Crippen molar-refractivity contribution in [2.45, 2.75) is 65.1 Å². The van der Waals surface area contributed by atoms with Gasteiger partial charge in [-0.2, -0.15) is 0 Å². The highest BCUT2D eigenvalue weighted by molar-refractivity contribution is 6.31. The van der Waals surface area contributed by atoms with Gasteiger partial charge in [0, 0.05) is 33.7 Å². The van der Waals surface area contributed by atoms with Gasteiger partial charge >= 0.3 is 5.97 Å². The summed E-state index contributed by atoms with van der Waals surface area (Å²) in [6.45, 7) is 8.09. The van der Waals surface area contributed by atoms with E-state index in [9.17, 15) is 14.7 Å². The van der Waals surface area contributed by atoms with Crippen molar-refractivity contribution in [3.8, 4) is 5.75 Å². The van der Waals surface area contributed by atoms with Crippen molar-refractivity contribution in [3.63, 3.8) is 0 Å². The fourth-order valence-corrected chi connectivity index (χ4v) is 5.20. The highest BCUT2D eigenvalue weighted by Gasteiger charge is 2.24. The summed E-state index contributed by atoms with van der Waals surface area (Å²) < 4.78 is 7.70. The lowest BCUT2D eigenvalue weighted by Gasteiger charge is -2.16. The van der Waals surface area contributed by atoms with Crippen LogP contribution in [0.3, 0.4) is 0 Å². The fourth-order valence-electron chi connectivity index (χ4n) is 5.03. The van der Waals surface area contributed by atoms with Crippen molar-refractivity contribution in [2.24, 2.45) is 0 Å². The van der Waals surface area contributed by atoms with E-state index >= 15 is 0 Å². The van der Waals surface area contributed by atoms with E-state index in [1.807, 2.05) is 32.0 Å². The van der Waals surface area contributed by atoms with E-state index in [1.54, 1.807) is 18.2 Å². The van der Waals surface area contributed by atoms with Gasteiger partial charge in [0.05, 0.1) is 6.04 Å². The van der Waals surface area contributed by atoms with E-state index < -0.39 is 12.1 Å². The average Bonchev–Trinajstić information content (AvgIpc) is 3.75. The van der Waals surface area contributed by atoms with Crippen LogP contribution >= 0.6 is 11.6 Å². The third kappa shape index (κ3) is 5.66. The van der Waals surface area contributed by atoms with Crippen molar-refractivity contribution in [1.82, 2.24) is 9.88 Å². The standard InChI is InChI=1S/C32H33ClN2O4/c1-18-20(3)35(17-26-15-27(11-12-29(26)33)39-21(4)32(37)38)30-13-10-25(16-28(18)30)31(36)34-19(2)23-6-5-7-24(14-23)22-8-9-22/h5-7,10-16,19,21-22H,8-9,17H2,1-4H3,(H,34,36)(H,37,38)/t19-,21-/m0/s1. The third-order valence-corrected chi connectivity index (χ3v) is 8.08. The summed E-state index contributed by atoms with van der Waals surface area (Å²) in [5, 5.41) is 13.9. The van der Waals surface area contributed by atoms with Gasteiger partial charge in [-0.3, -0.25) is 4.79 Å². The zero-order valence-corrected chi connectivity index (χ0v) is 23.4. The Balaban J connectivity index is 1.38. The second kappa shape index (κ2) is 10.8. The SMILES string of the molecule is Cc1c(C)n(Cc2cc(O[C@@H](C)C(=O)O)ccc2Cl)c2ccc(C(=O)N[C@@H](C)c3cccc(C4CC4)c3)cc12. The Labute approximate surface area is 233 Å². The van der Waals surface area contributed by atoms with Crippen molar-refractivity contribution < 1.29 is 19.4 Å². The average molecular weight is 545 g/mol. The summed E-state index contributed by atoms with van der Waals surface area (Å²) in [4.78, 5) is 24.4. The van der Waals surface area contributed by atoms with Crippen LogP contribution in [0, 0.1) is 13.8 Å². The molecular formula is C32H33ClN2O4. The normalized spacial score (nSPS) is 14.7. The maximum Gasteiger partial charge on any atom is 0.344 e. The molecule has 0 spiro atoms. The van der Waals surface area contributed by atoms with Crippen molar-refractivity contribution in [3.05, 3.63) is 99.2 Å². The number of nitrogens with one attached hydrogen (secondary N) is 1. The number of benzene rings is 3. The van der Waals surface area contributed by atoms with Gasteiger partial charge in [0.15, 0.2) is 6.10 Å². The first-order valence-corrected chi connectivity index (χ1v) is 13.7. The Morgan fingerprint density at radius 3 is 2.56 bits per heavy atom. The molecule has 1 aliphatic carbocycles. The number of ether oxygens (including phenoxy) is 1. The number of carboxylic acid groups (broad SMARTS) is 1. The molecule has 3 aromatic carbocycles. The van der Waals surface area contributed by atoms with E-state index in [4.69, 9.17) is 16.3 Å². The molecule has 0 radical (unpaired) electrons. The van der Waals surface area contributed by atoms with E-state index in [-0.39, 0.29) is 11.9 Å². The lowest BCUT2D eigenvalue weighted by Crippen LogP contribution is -2.26. The zero-order chi connectivity index (χ0) is 27.8. The second-order valence-corrected chi connectivity index (χ2v) is 10.9. The first-order valence-electron chi connectivity index (χ1n) is 13.3. The van der Waals surface area contributed by atoms with Gasteiger partial charge in [0.2, 0.25) is 0 Å². The predicted octanol–water partition coefficient (Wildman–Crippen LogP) is 7.18. The number of hydrogen-bond acceptors (Lipinski definition) is 3. The molecule has 1 amide bonds. The Morgan fingerprint density at radius 1 is 1.08 bits per heavy atom.